The monoisotopic (exact) mass is 335 g/mol. The van der Waals surface area contributed by atoms with Crippen LogP contribution in [0.4, 0.5) is 8.78 Å². The number of ether oxygens (including phenoxy) is 2. The van der Waals surface area contributed by atoms with Crippen molar-refractivity contribution in [3.05, 3.63) is 59.2 Å². The van der Waals surface area contributed by atoms with Crippen molar-refractivity contribution in [3.8, 4) is 11.5 Å². The first kappa shape index (κ1) is 17.7. The molecule has 1 amide bonds. The lowest BCUT2D eigenvalue weighted by atomic mass is 10.1. The number of carbonyl (C=O) groups excluding carboxylic acids is 1. The highest BCUT2D eigenvalue weighted by Crippen LogP contribution is 2.28. The second-order valence-corrected chi connectivity index (χ2v) is 5.16. The van der Waals surface area contributed by atoms with E-state index in [9.17, 15) is 13.6 Å². The van der Waals surface area contributed by atoms with Crippen LogP contribution in [0.15, 0.2) is 36.4 Å². The van der Waals surface area contributed by atoms with E-state index in [0.717, 1.165) is 12.1 Å². The van der Waals surface area contributed by atoms with E-state index in [2.05, 4.69) is 5.32 Å². The van der Waals surface area contributed by atoms with Gasteiger partial charge in [-0.3, -0.25) is 4.79 Å². The highest BCUT2D eigenvalue weighted by Gasteiger charge is 2.17. The lowest BCUT2D eigenvalue weighted by Gasteiger charge is -2.16. The van der Waals surface area contributed by atoms with Crippen LogP contribution in [0.1, 0.15) is 35.8 Å². The minimum atomic E-state index is -0.701. The summed E-state index contributed by atoms with van der Waals surface area (Å²) in [5, 5.41) is 2.68. The van der Waals surface area contributed by atoms with Gasteiger partial charge in [0, 0.05) is 17.2 Å². The predicted octanol–water partition coefficient (Wildman–Crippen LogP) is 3.86. The molecule has 0 saturated heterocycles. The minimum Gasteiger partial charge on any atom is -0.493 e. The van der Waals surface area contributed by atoms with Gasteiger partial charge >= 0.3 is 0 Å². The Morgan fingerprint density at radius 3 is 2.54 bits per heavy atom. The third-order valence-corrected chi connectivity index (χ3v) is 3.50. The molecule has 6 heteroatoms. The van der Waals surface area contributed by atoms with Crippen molar-refractivity contribution < 1.29 is 23.0 Å². The Morgan fingerprint density at radius 1 is 1.17 bits per heavy atom. The molecule has 128 valence electrons. The Balaban J connectivity index is 2.18. The first-order valence-corrected chi connectivity index (χ1v) is 7.53. The molecule has 1 atom stereocenters. The number of amides is 1. The Morgan fingerprint density at radius 2 is 1.92 bits per heavy atom. The highest BCUT2D eigenvalue weighted by molar-refractivity contribution is 5.95. The van der Waals surface area contributed by atoms with E-state index in [1.165, 1.54) is 13.2 Å². The number of methoxy groups -OCH3 is 1. The molecule has 2 aromatic carbocycles. The van der Waals surface area contributed by atoms with Gasteiger partial charge in [-0.2, -0.15) is 0 Å². The fraction of sp³-hybridized carbons (Fsp3) is 0.278. The van der Waals surface area contributed by atoms with Crippen molar-refractivity contribution in [1.29, 1.82) is 0 Å². The Kier molecular flexibility index (Phi) is 5.73. The molecule has 0 spiro atoms. The van der Waals surface area contributed by atoms with Gasteiger partial charge in [-0.15, -0.1) is 0 Å². The zero-order valence-electron chi connectivity index (χ0n) is 13.7. The molecule has 0 bridgehead atoms. The molecule has 2 rings (SSSR count). The van der Waals surface area contributed by atoms with E-state index >= 15 is 0 Å². The summed E-state index contributed by atoms with van der Waals surface area (Å²) in [6, 6.07) is 7.42. The van der Waals surface area contributed by atoms with Gasteiger partial charge in [0.05, 0.1) is 19.8 Å². The van der Waals surface area contributed by atoms with E-state index in [1.807, 2.05) is 6.92 Å². The summed E-state index contributed by atoms with van der Waals surface area (Å²) in [6.45, 7) is 3.88. The largest absolute Gasteiger partial charge is 0.493 e. The summed E-state index contributed by atoms with van der Waals surface area (Å²) in [7, 11) is 1.51. The van der Waals surface area contributed by atoms with Crippen LogP contribution in [-0.4, -0.2) is 19.6 Å². The van der Waals surface area contributed by atoms with E-state index in [4.69, 9.17) is 9.47 Å². The fourth-order valence-electron chi connectivity index (χ4n) is 2.30. The summed E-state index contributed by atoms with van der Waals surface area (Å²) in [5.41, 5.74) is 0.567. The van der Waals surface area contributed by atoms with Gasteiger partial charge in [0.2, 0.25) is 0 Å². The molecule has 0 saturated carbocycles. The van der Waals surface area contributed by atoms with Gasteiger partial charge in [0.25, 0.3) is 5.91 Å². The van der Waals surface area contributed by atoms with Crippen molar-refractivity contribution in [2.75, 3.05) is 13.7 Å². The molecule has 0 aromatic heterocycles. The van der Waals surface area contributed by atoms with Crippen LogP contribution in [0.5, 0.6) is 11.5 Å². The molecule has 1 N–H and O–H groups in total. The molecular weight excluding hydrogens is 316 g/mol. The molecule has 2 aromatic rings. The second-order valence-electron chi connectivity index (χ2n) is 5.16. The molecule has 0 heterocycles. The zero-order chi connectivity index (χ0) is 17.7. The Bertz CT molecular complexity index is 734. The van der Waals surface area contributed by atoms with Crippen LogP contribution >= 0.6 is 0 Å². The lowest BCUT2D eigenvalue weighted by molar-refractivity contribution is 0.0939. The maximum atomic E-state index is 13.8. The van der Waals surface area contributed by atoms with Gasteiger partial charge in [0.15, 0.2) is 11.5 Å². The van der Waals surface area contributed by atoms with Crippen LogP contribution in [0.2, 0.25) is 0 Å². The number of benzene rings is 2. The van der Waals surface area contributed by atoms with E-state index in [-0.39, 0.29) is 5.56 Å². The first-order chi connectivity index (χ1) is 11.5. The predicted molar refractivity (Wildman–Crippen MR) is 86.4 cm³/mol. The number of rotatable bonds is 6. The van der Waals surface area contributed by atoms with Gasteiger partial charge in [-0.1, -0.05) is 6.07 Å². The number of nitrogens with one attached hydrogen (secondary N) is 1. The Labute approximate surface area is 139 Å². The number of hydrogen-bond acceptors (Lipinski definition) is 3. The third kappa shape index (κ3) is 4.01. The molecule has 0 aliphatic carbocycles. The van der Waals surface area contributed by atoms with E-state index in [0.29, 0.717) is 23.7 Å². The van der Waals surface area contributed by atoms with Crippen LogP contribution < -0.4 is 14.8 Å². The van der Waals surface area contributed by atoms with Crippen LogP contribution in [0, 0.1) is 11.6 Å². The smallest absolute Gasteiger partial charge is 0.251 e. The molecule has 0 radical (unpaired) electrons. The fourth-order valence-corrected chi connectivity index (χ4v) is 2.30. The van der Waals surface area contributed by atoms with Crippen molar-refractivity contribution in [2.24, 2.45) is 0 Å². The van der Waals surface area contributed by atoms with Gasteiger partial charge < -0.3 is 14.8 Å². The minimum absolute atomic E-state index is 0.211. The van der Waals surface area contributed by atoms with Gasteiger partial charge in [-0.05, 0) is 38.1 Å². The average molecular weight is 335 g/mol. The topological polar surface area (TPSA) is 47.6 Å². The number of carbonyl (C=O) groups is 1. The van der Waals surface area contributed by atoms with Gasteiger partial charge in [-0.25, -0.2) is 8.78 Å². The lowest BCUT2D eigenvalue weighted by Crippen LogP contribution is -2.27. The van der Waals surface area contributed by atoms with Crippen LogP contribution in [-0.2, 0) is 0 Å². The molecule has 4 nitrogen and oxygen atoms in total. The molecule has 1 unspecified atom stereocenters. The average Bonchev–Trinajstić information content (AvgIpc) is 2.54. The molecule has 0 fully saturated rings. The summed E-state index contributed by atoms with van der Waals surface area (Å²) in [5.74, 6) is -0.784. The zero-order valence-corrected chi connectivity index (χ0v) is 13.7. The van der Waals surface area contributed by atoms with Crippen molar-refractivity contribution >= 4 is 5.91 Å². The summed E-state index contributed by atoms with van der Waals surface area (Å²) in [6.07, 6.45) is 0. The van der Waals surface area contributed by atoms with E-state index < -0.39 is 23.6 Å². The second kappa shape index (κ2) is 7.77. The van der Waals surface area contributed by atoms with Crippen molar-refractivity contribution in [2.45, 2.75) is 19.9 Å². The number of hydrogen-bond donors (Lipinski definition) is 1. The van der Waals surface area contributed by atoms with Crippen molar-refractivity contribution in [3.63, 3.8) is 0 Å². The van der Waals surface area contributed by atoms with Crippen LogP contribution in [0.3, 0.4) is 0 Å². The molecule has 0 aliphatic heterocycles. The summed E-state index contributed by atoms with van der Waals surface area (Å²) >= 11 is 0. The van der Waals surface area contributed by atoms with E-state index in [1.54, 1.807) is 25.1 Å². The van der Waals surface area contributed by atoms with Gasteiger partial charge in [0.1, 0.15) is 11.6 Å². The quantitative estimate of drug-likeness (QED) is 0.872. The SMILES string of the molecule is CCOc1cc(C(=O)NC(C)c2ccc(F)cc2F)ccc1OC. The van der Waals surface area contributed by atoms with Crippen molar-refractivity contribution in [1.82, 2.24) is 5.32 Å². The molecular formula is C18H19F2NO3. The maximum absolute atomic E-state index is 13.8. The standard InChI is InChI=1S/C18H19F2NO3/c1-4-24-17-9-12(5-8-16(17)23-3)18(22)21-11(2)14-7-6-13(19)10-15(14)20/h5-11H,4H2,1-3H3,(H,21,22). The summed E-state index contributed by atoms with van der Waals surface area (Å²) in [4.78, 5) is 12.4. The first-order valence-electron chi connectivity index (χ1n) is 7.53. The number of halogens is 2. The highest BCUT2D eigenvalue weighted by atomic mass is 19.1. The van der Waals surface area contributed by atoms with Crippen LogP contribution in [0.25, 0.3) is 0 Å². The Hall–Kier alpha value is -2.63. The molecule has 0 aliphatic rings. The summed E-state index contributed by atoms with van der Waals surface area (Å²) < 4.78 is 37.4. The normalized spacial score (nSPS) is 11.7. The molecule has 24 heavy (non-hydrogen) atoms. The third-order valence-electron chi connectivity index (χ3n) is 3.50. The maximum Gasteiger partial charge on any atom is 0.251 e.